The highest BCUT2D eigenvalue weighted by molar-refractivity contribution is 7.85. The van der Waals surface area contributed by atoms with Crippen molar-refractivity contribution >= 4 is 15.8 Å². The van der Waals surface area contributed by atoms with Crippen LogP contribution in [0.25, 0.3) is 0 Å². The number of hydrogen-bond donors (Lipinski definition) is 2. The number of benzene rings is 1. The Balaban J connectivity index is 1.92. The van der Waals surface area contributed by atoms with Gasteiger partial charge in [-0.15, -0.1) is 0 Å². The lowest BCUT2D eigenvalue weighted by Crippen LogP contribution is -2.43. The van der Waals surface area contributed by atoms with Gasteiger partial charge in [-0.05, 0) is 31.0 Å². The smallest absolute Gasteiger partial charge is 0.264 e. The van der Waals surface area contributed by atoms with E-state index in [1.54, 1.807) is 0 Å². The number of quaternary nitrogens is 1. The third kappa shape index (κ3) is 3.52. The molecular weight excluding hydrogens is 252 g/mol. The van der Waals surface area contributed by atoms with E-state index in [4.69, 9.17) is 4.55 Å². The summed E-state index contributed by atoms with van der Waals surface area (Å²) in [6, 6.07) is 6.12. The van der Waals surface area contributed by atoms with E-state index in [2.05, 4.69) is 16.7 Å². The molecule has 0 atom stereocenters. The van der Waals surface area contributed by atoms with Crippen LogP contribution in [0.4, 0.5) is 5.69 Å². The molecule has 1 aliphatic rings. The second-order valence-electron chi connectivity index (χ2n) is 4.72. The number of hydrogen-bond acceptors (Lipinski definition) is 3. The van der Waals surface area contributed by atoms with Gasteiger partial charge in [0.15, 0.2) is 0 Å². The summed E-state index contributed by atoms with van der Waals surface area (Å²) in [5.41, 5.74) is 7.71. The van der Waals surface area contributed by atoms with Gasteiger partial charge >= 0.3 is 0 Å². The summed E-state index contributed by atoms with van der Waals surface area (Å²) in [5, 5.41) is 0. The van der Waals surface area contributed by atoms with Gasteiger partial charge in [0.2, 0.25) is 0 Å². The first-order chi connectivity index (χ1) is 8.46. The van der Waals surface area contributed by atoms with Crippen LogP contribution in [-0.4, -0.2) is 36.7 Å². The van der Waals surface area contributed by atoms with Crippen LogP contribution < -0.4 is 5.73 Å². The molecule has 1 aromatic rings. The fourth-order valence-electron chi connectivity index (χ4n) is 2.41. The SMILES string of the molecule is [NH3+]c1cccc2c1CCN(CCCS(=O)(=O)O)C2. The number of nitrogens with zero attached hydrogens (tertiary/aromatic N) is 1. The van der Waals surface area contributed by atoms with Gasteiger partial charge in [-0.2, -0.15) is 8.42 Å². The van der Waals surface area contributed by atoms with Crippen molar-refractivity contribution in [3.05, 3.63) is 29.3 Å². The Morgan fingerprint density at radius 1 is 1.39 bits per heavy atom. The van der Waals surface area contributed by atoms with Crippen LogP contribution in [0.2, 0.25) is 0 Å². The topological polar surface area (TPSA) is 85.3 Å². The summed E-state index contributed by atoms with van der Waals surface area (Å²) in [6.45, 7) is 2.45. The van der Waals surface area contributed by atoms with Gasteiger partial charge in [-0.25, -0.2) is 0 Å². The van der Waals surface area contributed by atoms with E-state index in [1.807, 2.05) is 12.1 Å². The fourth-order valence-corrected chi connectivity index (χ4v) is 2.90. The summed E-state index contributed by atoms with van der Waals surface area (Å²) in [6.07, 6.45) is 1.43. The molecule has 1 heterocycles. The van der Waals surface area contributed by atoms with E-state index in [1.165, 1.54) is 11.1 Å². The Labute approximate surface area is 107 Å². The van der Waals surface area contributed by atoms with E-state index >= 15 is 0 Å². The van der Waals surface area contributed by atoms with Crippen LogP contribution in [0, 0.1) is 0 Å². The standard InChI is InChI=1S/C12H18N2O3S/c13-12-4-1-3-10-9-14(7-5-11(10)12)6-2-8-18(15,16)17/h1,3-4H,2,5-9,13H2,(H,15,16,17)/p+1. The average Bonchev–Trinajstić information content (AvgIpc) is 2.27. The van der Waals surface area contributed by atoms with E-state index in [0.29, 0.717) is 13.0 Å². The van der Waals surface area contributed by atoms with Crippen LogP contribution in [0.3, 0.4) is 0 Å². The van der Waals surface area contributed by atoms with E-state index in [-0.39, 0.29) is 5.75 Å². The molecule has 0 aliphatic carbocycles. The summed E-state index contributed by atoms with van der Waals surface area (Å²) in [7, 11) is -3.83. The molecule has 4 N–H and O–H groups in total. The van der Waals surface area contributed by atoms with Gasteiger partial charge in [0.25, 0.3) is 10.1 Å². The number of fused-ring (bicyclic) bond motifs is 1. The molecule has 18 heavy (non-hydrogen) atoms. The molecule has 0 radical (unpaired) electrons. The molecule has 0 unspecified atom stereocenters. The first-order valence-electron chi connectivity index (χ1n) is 6.06. The molecule has 0 bridgehead atoms. The van der Waals surface area contributed by atoms with E-state index < -0.39 is 10.1 Å². The maximum Gasteiger partial charge on any atom is 0.264 e. The number of rotatable bonds is 4. The van der Waals surface area contributed by atoms with Gasteiger partial charge in [0, 0.05) is 18.7 Å². The van der Waals surface area contributed by atoms with Gasteiger partial charge in [0.05, 0.1) is 5.75 Å². The van der Waals surface area contributed by atoms with Gasteiger partial charge in [-0.1, -0.05) is 12.1 Å². The zero-order valence-corrected chi connectivity index (χ0v) is 11.1. The van der Waals surface area contributed by atoms with Crippen molar-refractivity contribution in [1.82, 2.24) is 4.90 Å². The molecule has 100 valence electrons. The maximum atomic E-state index is 10.6. The average molecular weight is 271 g/mol. The Morgan fingerprint density at radius 3 is 2.89 bits per heavy atom. The quantitative estimate of drug-likeness (QED) is 0.766. The molecular formula is C12H19N2O3S+. The molecule has 0 saturated heterocycles. The second-order valence-corrected chi connectivity index (χ2v) is 6.29. The normalized spacial score (nSPS) is 16.6. The van der Waals surface area contributed by atoms with Crippen molar-refractivity contribution in [2.75, 3.05) is 18.8 Å². The van der Waals surface area contributed by atoms with Crippen LogP contribution in [-0.2, 0) is 23.1 Å². The van der Waals surface area contributed by atoms with Gasteiger partial charge < -0.3 is 5.73 Å². The minimum absolute atomic E-state index is 0.161. The molecule has 0 spiro atoms. The lowest BCUT2D eigenvalue weighted by atomic mass is 9.98. The first kappa shape index (κ1) is 13.5. The van der Waals surface area contributed by atoms with E-state index in [0.717, 1.165) is 25.2 Å². The lowest BCUT2D eigenvalue weighted by molar-refractivity contribution is -0.256. The molecule has 0 fully saturated rings. The van der Waals surface area contributed by atoms with Crippen LogP contribution in [0.15, 0.2) is 18.2 Å². The first-order valence-corrected chi connectivity index (χ1v) is 7.67. The molecule has 6 heteroatoms. The van der Waals surface area contributed by atoms with Crippen molar-refractivity contribution in [2.24, 2.45) is 0 Å². The predicted octanol–water partition coefficient (Wildman–Crippen LogP) is 0.196. The van der Waals surface area contributed by atoms with Gasteiger partial charge in [-0.3, -0.25) is 9.45 Å². The molecule has 0 amide bonds. The zero-order chi connectivity index (χ0) is 13.2. The third-order valence-electron chi connectivity index (χ3n) is 3.32. The highest BCUT2D eigenvalue weighted by Crippen LogP contribution is 2.23. The van der Waals surface area contributed by atoms with Crippen LogP contribution in [0.5, 0.6) is 0 Å². The minimum atomic E-state index is -3.83. The predicted molar refractivity (Wildman–Crippen MR) is 69.0 cm³/mol. The molecule has 5 nitrogen and oxygen atoms in total. The second kappa shape index (κ2) is 5.36. The van der Waals surface area contributed by atoms with Gasteiger partial charge in [0.1, 0.15) is 5.69 Å². The summed E-state index contributed by atoms with van der Waals surface area (Å²) >= 11 is 0. The summed E-state index contributed by atoms with van der Waals surface area (Å²) < 4.78 is 30.0. The van der Waals surface area contributed by atoms with Crippen LogP contribution in [0.1, 0.15) is 17.5 Å². The van der Waals surface area contributed by atoms with Crippen molar-refractivity contribution in [2.45, 2.75) is 19.4 Å². The molecule has 0 aromatic heterocycles. The Morgan fingerprint density at radius 2 is 2.17 bits per heavy atom. The van der Waals surface area contributed by atoms with Crippen molar-refractivity contribution in [3.63, 3.8) is 0 Å². The highest BCUT2D eigenvalue weighted by atomic mass is 32.2. The van der Waals surface area contributed by atoms with Crippen molar-refractivity contribution in [3.8, 4) is 0 Å². The summed E-state index contributed by atoms with van der Waals surface area (Å²) in [4.78, 5) is 2.22. The van der Waals surface area contributed by atoms with Crippen molar-refractivity contribution < 1.29 is 18.7 Å². The van der Waals surface area contributed by atoms with E-state index in [9.17, 15) is 8.42 Å². The fraction of sp³-hybridized carbons (Fsp3) is 0.500. The maximum absolute atomic E-state index is 10.6. The Hall–Kier alpha value is -0.950. The molecule has 0 saturated carbocycles. The minimum Gasteiger partial charge on any atom is -0.325 e. The van der Waals surface area contributed by atoms with Crippen LogP contribution >= 0.6 is 0 Å². The van der Waals surface area contributed by atoms with Crippen molar-refractivity contribution in [1.29, 1.82) is 0 Å². The molecule has 1 aromatic carbocycles. The molecule has 1 aliphatic heterocycles. The molecule has 2 rings (SSSR count). The summed E-state index contributed by atoms with van der Waals surface area (Å²) in [5.74, 6) is -0.161. The highest BCUT2D eigenvalue weighted by Gasteiger charge is 2.19. The zero-order valence-electron chi connectivity index (χ0n) is 10.3. The lowest BCUT2D eigenvalue weighted by Gasteiger charge is -2.28. The largest absolute Gasteiger partial charge is 0.325 e. The third-order valence-corrected chi connectivity index (χ3v) is 4.12. The Bertz CT molecular complexity index is 528. The Kier molecular flexibility index (Phi) is 4.01. The monoisotopic (exact) mass is 271 g/mol.